The number of aromatic nitrogens is 2. The van der Waals surface area contributed by atoms with Gasteiger partial charge in [0.1, 0.15) is 10.9 Å². The average Bonchev–Trinajstić information content (AvgIpc) is 3.04. The highest BCUT2D eigenvalue weighted by molar-refractivity contribution is 6.33. The van der Waals surface area contributed by atoms with E-state index in [0.29, 0.717) is 40.1 Å². The second-order valence-corrected chi connectivity index (χ2v) is 7.12. The van der Waals surface area contributed by atoms with Crippen molar-refractivity contribution in [1.82, 2.24) is 9.78 Å². The summed E-state index contributed by atoms with van der Waals surface area (Å²) in [5.74, 6) is 0.896. The second-order valence-electron chi connectivity index (χ2n) is 6.76. The number of amides is 1. The van der Waals surface area contributed by atoms with Crippen molar-refractivity contribution < 1.29 is 9.53 Å². The molecule has 0 fully saturated rings. The van der Waals surface area contributed by atoms with Gasteiger partial charge in [-0.3, -0.25) is 4.79 Å². The number of nitrogens with one attached hydrogen (secondary N) is 1. The van der Waals surface area contributed by atoms with Crippen LogP contribution < -0.4 is 10.1 Å². The quantitative estimate of drug-likeness (QED) is 0.422. The van der Waals surface area contributed by atoms with Crippen LogP contribution in [0.25, 0.3) is 0 Å². The molecule has 0 radical (unpaired) electrons. The molecule has 0 saturated heterocycles. The number of aryl methyl sites for hydroxylation is 1. The molecule has 0 spiro atoms. The van der Waals surface area contributed by atoms with Crippen LogP contribution in [-0.4, -0.2) is 15.7 Å². The molecule has 0 atom stereocenters. The topological polar surface area (TPSA) is 56.2 Å². The van der Waals surface area contributed by atoms with Gasteiger partial charge in [0.2, 0.25) is 0 Å². The van der Waals surface area contributed by atoms with E-state index in [2.05, 4.69) is 10.4 Å². The number of anilines is 1. The first-order valence-electron chi connectivity index (χ1n) is 9.52. The maximum absolute atomic E-state index is 13.0. The lowest BCUT2D eigenvalue weighted by atomic mass is 10.2. The maximum atomic E-state index is 13.0. The normalized spacial score (nSPS) is 10.6. The molecule has 1 heterocycles. The van der Waals surface area contributed by atoms with Gasteiger partial charge in [-0.05, 0) is 36.8 Å². The zero-order chi connectivity index (χ0) is 20.9. The van der Waals surface area contributed by atoms with Crippen molar-refractivity contribution in [3.05, 3.63) is 107 Å². The highest BCUT2D eigenvalue weighted by atomic mass is 35.5. The van der Waals surface area contributed by atoms with Gasteiger partial charge >= 0.3 is 0 Å². The summed E-state index contributed by atoms with van der Waals surface area (Å²) in [5, 5.41) is 7.66. The van der Waals surface area contributed by atoms with Gasteiger partial charge in [-0.1, -0.05) is 72.3 Å². The molecule has 0 aliphatic heterocycles. The van der Waals surface area contributed by atoms with E-state index in [0.717, 1.165) is 5.56 Å². The first kappa shape index (κ1) is 19.7. The van der Waals surface area contributed by atoms with Crippen molar-refractivity contribution in [3.8, 4) is 11.5 Å². The zero-order valence-electron chi connectivity index (χ0n) is 16.4. The van der Waals surface area contributed by atoms with Crippen molar-refractivity contribution in [3.63, 3.8) is 0 Å². The summed E-state index contributed by atoms with van der Waals surface area (Å²) in [6.07, 6.45) is 0. The lowest BCUT2D eigenvalue weighted by Crippen LogP contribution is -2.14. The van der Waals surface area contributed by atoms with Crippen LogP contribution in [-0.2, 0) is 6.54 Å². The summed E-state index contributed by atoms with van der Waals surface area (Å²) in [4.78, 5) is 13.0. The number of hydrogen-bond acceptors (Lipinski definition) is 3. The Kier molecular flexibility index (Phi) is 5.82. The van der Waals surface area contributed by atoms with Crippen molar-refractivity contribution in [2.75, 3.05) is 5.32 Å². The first-order valence-corrected chi connectivity index (χ1v) is 9.90. The van der Waals surface area contributed by atoms with Crippen LogP contribution in [0.2, 0.25) is 5.15 Å². The molecular weight excluding hydrogens is 398 g/mol. The zero-order valence-corrected chi connectivity index (χ0v) is 17.1. The van der Waals surface area contributed by atoms with Gasteiger partial charge in [0.25, 0.3) is 5.91 Å². The Labute approximate surface area is 179 Å². The lowest BCUT2D eigenvalue weighted by molar-refractivity contribution is 0.102. The Bertz CT molecular complexity index is 1160. The Hall–Kier alpha value is -3.57. The lowest BCUT2D eigenvalue weighted by Gasteiger charge is -2.12. The smallest absolute Gasteiger partial charge is 0.260 e. The molecule has 0 aliphatic carbocycles. The van der Waals surface area contributed by atoms with Gasteiger partial charge in [0.15, 0.2) is 5.75 Å². The first-order chi connectivity index (χ1) is 14.6. The summed E-state index contributed by atoms with van der Waals surface area (Å²) < 4.78 is 7.55. The van der Waals surface area contributed by atoms with Gasteiger partial charge < -0.3 is 10.1 Å². The third kappa shape index (κ3) is 4.36. The predicted molar refractivity (Wildman–Crippen MR) is 118 cm³/mol. The highest BCUT2D eigenvalue weighted by Gasteiger charge is 2.21. The fourth-order valence-electron chi connectivity index (χ4n) is 3.13. The van der Waals surface area contributed by atoms with Crippen LogP contribution in [0.5, 0.6) is 11.5 Å². The van der Waals surface area contributed by atoms with Crippen molar-refractivity contribution in [1.29, 1.82) is 0 Å². The molecular formula is C24H20ClN3O2. The third-order valence-corrected chi connectivity index (χ3v) is 4.96. The molecule has 3 aromatic carbocycles. The van der Waals surface area contributed by atoms with Crippen molar-refractivity contribution >= 4 is 23.2 Å². The van der Waals surface area contributed by atoms with E-state index in [9.17, 15) is 4.79 Å². The minimum absolute atomic E-state index is 0.301. The summed E-state index contributed by atoms with van der Waals surface area (Å²) >= 11 is 6.52. The average molecular weight is 418 g/mol. The molecule has 0 aliphatic rings. The number of carbonyl (C=O) groups excluding carboxylic acids is 1. The summed E-state index contributed by atoms with van der Waals surface area (Å²) in [6, 6.07) is 26.5. The van der Waals surface area contributed by atoms with Crippen LogP contribution in [0.4, 0.5) is 5.69 Å². The summed E-state index contributed by atoms with van der Waals surface area (Å²) in [7, 11) is 0. The van der Waals surface area contributed by atoms with Crippen molar-refractivity contribution in [2.45, 2.75) is 13.5 Å². The largest absolute Gasteiger partial charge is 0.455 e. The summed E-state index contributed by atoms with van der Waals surface area (Å²) in [5.41, 5.74) is 2.52. The molecule has 150 valence electrons. The van der Waals surface area contributed by atoms with Gasteiger partial charge in [0, 0.05) is 0 Å². The molecule has 0 saturated carbocycles. The molecule has 30 heavy (non-hydrogen) atoms. The highest BCUT2D eigenvalue weighted by Crippen LogP contribution is 2.30. The number of para-hydroxylation sites is 3. The Morgan fingerprint density at radius 3 is 2.33 bits per heavy atom. The van der Waals surface area contributed by atoms with Crippen LogP contribution in [0.3, 0.4) is 0 Å². The van der Waals surface area contributed by atoms with Crippen LogP contribution >= 0.6 is 11.6 Å². The Morgan fingerprint density at radius 2 is 1.60 bits per heavy atom. The molecule has 6 heteroatoms. The van der Waals surface area contributed by atoms with E-state index in [1.54, 1.807) is 23.7 Å². The Balaban J connectivity index is 1.56. The van der Waals surface area contributed by atoms with E-state index in [4.69, 9.17) is 16.3 Å². The van der Waals surface area contributed by atoms with Crippen LogP contribution in [0.1, 0.15) is 21.6 Å². The number of halogens is 1. The van der Waals surface area contributed by atoms with Crippen molar-refractivity contribution in [2.24, 2.45) is 0 Å². The number of benzene rings is 3. The minimum atomic E-state index is -0.332. The van der Waals surface area contributed by atoms with E-state index < -0.39 is 0 Å². The van der Waals surface area contributed by atoms with Gasteiger partial charge in [-0.25, -0.2) is 4.68 Å². The van der Waals surface area contributed by atoms with Crippen LogP contribution in [0, 0.1) is 6.92 Å². The molecule has 4 rings (SSSR count). The van der Waals surface area contributed by atoms with E-state index in [1.165, 1.54) is 0 Å². The molecule has 4 aromatic rings. The van der Waals surface area contributed by atoms with Gasteiger partial charge in [0.05, 0.1) is 23.5 Å². The second kappa shape index (κ2) is 8.84. The molecule has 0 bridgehead atoms. The molecule has 1 aromatic heterocycles. The Morgan fingerprint density at radius 1 is 0.967 bits per heavy atom. The number of nitrogens with zero attached hydrogens (tertiary/aromatic N) is 2. The SMILES string of the molecule is Cc1nn(Cc2ccccc2)c(Cl)c1C(=O)Nc1ccccc1Oc1ccccc1. The molecule has 1 N–H and O–H groups in total. The number of carbonyl (C=O) groups is 1. The van der Waals surface area contributed by atoms with E-state index >= 15 is 0 Å². The minimum Gasteiger partial charge on any atom is -0.455 e. The van der Waals surface area contributed by atoms with Gasteiger partial charge in [-0.15, -0.1) is 0 Å². The van der Waals surface area contributed by atoms with E-state index in [-0.39, 0.29) is 5.91 Å². The summed E-state index contributed by atoms with van der Waals surface area (Å²) in [6.45, 7) is 2.26. The standard InChI is InChI=1S/C24H20ClN3O2/c1-17-22(23(25)28(27-17)16-18-10-4-2-5-11-18)24(29)26-20-14-8-9-15-21(20)30-19-12-6-3-7-13-19/h2-15H,16H2,1H3,(H,26,29). The number of hydrogen-bond donors (Lipinski definition) is 1. The maximum Gasteiger partial charge on any atom is 0.260 e. The van der Waals surface area contributed by atoms with Gasteiger partial charge in [-0.2, -0.15) is 5.10 Å². The third-order valence-electron chi connectivity index (χ3n) is 4.57. The monoisotopic (exact) mass is 417 g/mol. The fourth-order valence-corrected chi connectivity index (χ4v) is 3.45. The molecule has 1 amide bonds. The number of rotatable bonds is 6. The van der Waals surface area contributed by atoms with Crippen LogP contribution in [0.15, 0.2) is 84.9 Å². The fraction of sp³-hybridized carbons (Fsp3) is 0.0833. The van der Waals surface area contributed by atoms with E-state index in [1.807, 2.05) is 72.8 Å². The molecule has 5 nitrogen and oxygen atoms in total. The number of ether oxygens (including phenoxy) is 1. The predicted octanol–water partition coefficient (Wildman–Crippen LogP) is 5.94. The molecule has 0 unspecified atom stereocenters.